The van der Waals surface area contributed by atoms with Gasteiger partial charge in [0.25, 0.3) is 11.4 Å². The Kier molecular flexibility index (Phi) is 4.72. The number of aryl methyl sites for hydroxylation is 1. The van der Waals surface area contributed by atoms with E-state index in [1.165, 1.54) is 0 Å². The summed E-state index contributed by atoms with van der Waals surface area (Å²) in [6.45, 7) is 6.24. The molecule has 1 heterocycles. The standard InChI is InChI=1S/C19H21N2OS/c1-14-9-10-21(13-14)23(22)18-7-8-19(15(2)11-18)17-5-3-16(12-20)4-6-17/h3-8,11,14,22H,9-10,13H2,1-2H3/q+1/t14-,23?/m1/s1. The summed E-state index contributed by atoms with van der Waals surface area (Å²) < 4.78 is 12.8. The van der Waals surface area contributed by atoms with Crippen LogP contribution in [0.4, 0.5) is 0 Å². The highest BCUT2D eigenvalue weighted by molar-refractivity contribution is 7.89. The van der Waals surface area contributed by atoms with Gasteiger partial charge in [0, 0.05) is 12.6 Å². The van der Waals surface area contributed by atoms with Gasteiger partial charge in [0.15, 0.2) is 0 Å². The van der Waals surface area contributed by atoms with Crippen LogP contribution in [0.15, 0.2) is 47.4 Å². The Bertz CT molecular complexity index is 736. The average Bonchev–Trinajstić information content (AvgIpc) is 3.00. The molecule has 1 saturated heterocycles. The lowest BCUT2D eigenvalue weighted by molar-refractivity contribution is 0.478. The van der Waals surface area contributed by atoms with Crippen molar-refractivity contribution in [2.75, 3.05) is 13.1 Å². The van der Waals surface area contributed by atoms with Gasteiger partial charge in [-0.15, -0.1) is 0 Å². The molecule has 118 valence electrons. The fraction of sp³-hybridized carbons (Fsp3) is 0.316. The largest absolute Gasteiger partial charge is 0.278 e. The molecule has 4 heteroatoms. The van der Waals surface area contributed by atoms with Gasteiger partial charge in [0.2, 0.25) is 4.90 Å². The summed E-state index contributed by atoms with van der Waals surface area (Å²) >= 11 is -0.819. The van der Waals surface area contributed by atoms with E-state index in [0.29, 0.717) is 11.5 Å². The number of hydrogen-bond acceptors (Lipinski definition) is 3. The molecule has 0 aliphatic carbocycles. The molecule has 0 bridgehead atoms. The quantitative estimate of drug-likeness (QED) is 0.859. The first-order valence-corrected chi connectivity index (χ1v) is 9.02. The molecule has 3 rings (SSSR count). The first-order valence-electron chi connectivity index (χ1n) is 7.88. The Morgan fingerprint density at radius 1 is 1.22 bits per heavy atom. The van der Waals surface area contributed by atoms with Gasteiger partial charge in [0.05, 0.1) is 18.2 Å². The molecule has 0 aromatic heterocycles. The Hall–Kier alpha value is -1.80. The molecule has 0 amide bonds. The van der Waals surface area contributed by atoms with Crippen LogP contribution in [0.25, 0.3) is 11.1 Å². The number of nitrogens with zero attached hydrogens (tertiary/aromatic N) is 2. The van der Waals surface area contributed by atoms with E-state index in [-0.39, 0.29) is 0 Å². The van der Waals surface area contributed by atoms with Gasteiger partial charge in [0.1, 0.15) is 0 Å². The molecule has 2 atom stereocenters. The van der Waals surface area contributed by atoms with Crippen LogP contribution in [0.2, 0.25) is 0 Å². The first kappa shape index (κ1) is 16.1. The lowest BCUT2D eigenvalue weighted by atomic mass is 10.00. The summed E-state index contributed by atoms with van der Waals surface area (Å²) in [7, 11) is 0. The fourth-order valence-electron chi connectivity index (χ4n) is 3.00. The molecular formula is C19H21N2OS+. The minimum atomic E-state index is -0.819. The summed E-state index contributed by atoms with van der Waals surface area (Å²) in [6, 6.07) is 15.9. The zero-order valence-electron chi connectivity index (χ0n) is 13.5. The Morgan fingerprint density at radius 3 is 2.52 bits per heavy atom. The summed E-state index contributed by atoms with van der Waals surface area (Å²) in [5.41, 5.74) is 4.06. The molecule has 1 fully saturated rings. The number of nitriles is 1. The van der Waals surface area contributed by atoms with E-state index < -0.39 is 11.4 Å². The van der Waals surface area contributed by atoms with E-state index >= 15 is 0 Å². The van der Waals surface area contributed by atoms with Crippen molar-refractivity contribution in [2.45, 2.75) is 25.2 Å². The van der Waals surface area contributed by atoms with Crippen molar-refractivity contribution >= 4 is 11.4 Å². The third-order valence-corrected chi connectivity index (χ3v) is 5.86. The molecule has 0 radical (unpaired) electrons. The van der Waals surface area contributed by atoms with Gasteiger partial charge >= 0.3 is 0 Å². The van der Waals surface area contributed by atoms with Crippen LogP contribution in [0.5, 0.6) is 0 Å². The highest BCUT2D eigenvalue weighted by Gasteiger charge is 2.35. The van der Waals surface area contributed by atoms with E-state index in [2.05, 4.69) is 36.4 Å². The van der Waals surface area contributed by atoms with Crippen molar-refractivity contribution in [1.82, 2.24) is 4.31 Å². The topological polar surface area (TPSA) is 47.3 Å². The third kappa shape index (κ3) is 3.42. The predicted octanol–water partition coefficient (Wildman–Crippen LogP) is 4.24. The predicted molar refractivity (Wildman–Crippen MR) is 94.9 cm³/mol. The highest BCUT2D eigenvalue weighted by Crippen LogP contribution is 2.29. The molecule has 1 aliphatic rings. The summed E-state index contributed by atoms with van der Waals surface area (Å²) in [6.07, 6.45) is 1.16. The summed E-state index contributed by atoms with van der Waals surface area (Å²) in [5.74, 6) is 0.663. The van der Waals surface area contributed by atoms with E-state index in [1.807, 2.05) is 30.3 Å². The molecule has 1 N–H and O–H groups in total. The second kappa shape index (κ2) is 6.76. The zero-order valence-corrected chi connectivity index (χ0v) is 14.3. The Balaban J connectivity index is 1.84. The van der Waals surface area contributed by atoms with Crippen LogP contribution < -0.4 is 0 Å². The lowest BCUT2D eigenvalue weighted by Crippen LogP contribution is -2.28. The molecule has 0 saturated carbocycles. The maximum Gasteiger partial charge on any atom is 0.278 e. The third-order valence-electron chi connectivity index (χ3n) is 4.36. The van der Waals surface area contributed by atoms with Crippen LogP contribution in [-0.2, 0) is 11.4 Å². The van der Waals surface area contributed by atoms with Gasteiger partial charge in [-0.1, -0.05) is 23.4 Å². The normalized spacial score (nSPS) is 19.5. The van der Waals surface area contributed by atoms with Crippen molar-refractivity contribution in [3.05, 3.63) is 53.6 Å². The SMILES string of the molecule is Cc1cc([S+](O)N2CC[C@@H](C)C2)ccc1-c1ccc(C#N)cc1. The second-order valence-corrected chi connectivity index (χ2v) is 7.73. The molecular weight excluding hydrogens is 304 g/mol. The van der Waals surface area contributed by atoms with Gasteiger partial charge < -0.3 is 0 Å². The molecule has 1 aliphatic heterocycles. The highest BCUT2D eigenvalue weighted by atomic mass is 32.2. The second-order valence-electron chi connectivity index (χ2n) is 6.21. The molecule has 2 aromatic rings. The van der Waals surface area contributed by atoms with Crippen molar-refractivity contribution in [3.8, 4) is 17.2 Å². The van der Waals surface area contributed by atoms with Crippen LogP contribution in [0, 0.1) is 24.2 Å². The zero-order chi connectivity index (χ0) is 16.4. The number of rotatable bonds is 3. The first-order chi connectivity index (χ1) is 11.1. The van der Waals surface area contributed by atoms with Crippen molar-refractivity contribution < 1.29 is 4.55 Å². The Morgan fingerprint density at radius 2 is 1.96 bits per heavy atom. The number of benzene rings is 2. The number of hydrogen-bond donors (Lipinski definition) is 1. The Labute approximate surface area is 140 Å². The van der Waals surface area contributed by atoms with Crippen molar-refractivity contribution in [2.24, 2.45) is 5.92 Å². The van der Waals surface area contributed by atoms with Crippen LogP contribution in [0.3, 0.4) is 0 Å². The van der Waals surface area contributed by atoms with E-state index in [1.54, 1.807) is 0 Å². The van der Waals surface area contributed by atoms with E-state index in [0.717, 1.165) is 41.1 Å². The van der Waals surface area contributed by atoms with Crippen LogP contribution in [-0.4, -0.2) is 21.9 Å². The maximum absolute atomic E-state index is 10.6. The lowest BCUT2D eigenvalue weighted by Gasteiger charge is -2.12. The van der Waals surface area contributed by atoms with Crippen LogP contribution in [0.1, 0.15) is 24.5 Å². The van der Waals surface area contributed by atoms with Gasteiger partial charge in [-0.25, -0.2) is 0 Å². The van der Waals surface area contributed by atoms with Gasteiger partial charge in [-0.2, -0.15) is 9.81 Å². The smallest absolute Gasteiger partial charge is 0.192 e. The monoisotopic (exact) mass is 325 g/mol. The van der Waals surface area contributed by atoms with Gasteiger partial charge in [-0.3, -0.25) is 0 Å². The minimum Gasteiger partial charge on any atom is -0.192 e. The average molecular weight is 325 g/mol. The molecule has 0 spiro atoms. The van der Waals surface area contributed by atoms with Crippen molar-refractivity contribution in [1.29, 1.82) is 5.26 Å². The van der Waals surface area contributed by atoms with Gasteiger partial charge in [-0.05, 0) is 60.2 Å². The van der Waals surface area contributed by atoms with E-state index in [4.69, 9.17) is 5.26 Å². The molecule has 2 aromatic carbocycles. The molecule has 3 nitrogen and oxygen atoms in total. The molecule has 1 unspecified atom stereocenters. The summed E-state index contributed by atoms with van der Waals surface area (Å²) in [5, 5.41) is 8.89. The molecule has 23 heavy (non-hydrogen) atoms. The minimum absolute atomic E-state index is 0.663. The van der Waals surface area contributed by atoms with Crippen molar-refractivity contribution in [3.63, 3.8) is 0 Å². The fourth-order valence-corrected chi connectivity index (χ4v) is 4.44. The van der Waals surface area contributed by atoms with E-state index in [9.17, 15) is 4.55 Å². The van der Waals surface area contributed by atoms with Crippen LogP contribution >= 0.6 is 0 Å². The maximum atomic E-state index is 10.6. The summed E-state index contributed by atoms with van der Waals surface area (Å²) in [4.78, 5) is 0.981.